The average Bonchev–Trinajstić information content (AvgIpc) is 2.46. The van der Waals surface area contributed by atoms with Crippen LogP contribution in [0.3, 0.4) is 0 Å². The summed E-state index contributed by atoms with van der Waals surface area (Å²) in [6.45, 7) is 6.31. The quantitative estimate of drug-likeness (QED) is 0.808. The minimum atomic E-state index is -0.180. The largest absolute Gasteiger partial charge is 0.365 e. The molecule has 1 aromatic rings. The highest BCUT2D eigenvalue weighted by Gasteiger charge is 2.22. The molecule has 2 rings (SSSR count). The minimum absolute atomic E-state index is 0.0527. The lowest BCUT2D eigenvalue weighted by Gasteiger charge is -2.32. The fraction of sp³-hybridized carbons (Fsp3) is 0.429. The molecule has 21 heavy (non-hydrogen) atoms. The van der Waals surface area contributed by atoms with Crippen molar-refractivity contribution >= 4 is 23.5 Å². The van der Waals surface area contributed by atoms with Crippen molar-refractivity contribution in [1.29, 1.82) is 0 Å². The molecule has 0 bridgehead atoms. The highest BCUT2D eigenvalue weighted by atomic mass is 16.2. The number of amides is 2. The highest BCUT2D eigenvalue weighted by Crippen LogP contribution is 2.16. The van der Waals surface area contributed by atoms with E-state index in [1.807, 2.05) is 0 Å². The Morgan fingerprint density at radius 3 is 2.90 bits per heavy atom. The van der Waals surface area contributed by atoms with Crippen LogP contribution >= 0.6 is 0 Å². The smallest absolute Gasteiger partial charge is 0.246 e. The molecule has 0 unspecified atom stereocenters. The zero-order valence-electron chi connectivity index (χ0n) is 12.0. The summed E-state index contributed by atoms with van der Waals surface area (Å²) < 4.78 is 0. The number of piperidine rings is 1. The number of rotatable bonds is 4. The summed E-state index contributed by atoms with van der Waals surface area (Å²) in [5.74, 6) is 0.852. The van der Waals surface area contributed by atoms with Gasteiger partial charge in [-0.05, 0) is 18.9 Å². The number of nitrogens with one attached hydrogen (secondary N) is 2. The fourth-order valence-corrected chi connectivity index (χ4v) is 2.32. The minimum Gasteiger partial charge on any atom is -0.365 e. The standard InChI is InChI=1S/C14H19N5O2/c1-3-14(21)19-6-4-5-11(8-19)18-13-7-12(15-9-16-13)17-10(2)20/h3,7,9,11H,1,4-6,8H2,2H3,(H2,15,16,17,18,20)/t11-/m1/s1. The molecule has 1 aliphatic heterocycles. The summed E-state index contributed by atoms with van der Waals surface area (Å²) in [4.78, 5) is 32.5. The Bertz CT molecular complexity index is 546. The van der Waals surface area contributed by atoms with Crippen molar-refractivity contribution in [2.24, 2.45) is 0 Å². The van der Waals surface area contributed by atoms with Gasteiger partial charge in [0, 0.05) is 32.1 Å². The normalized spacial score (nSPS) is 18.0. The zero-order chi connectivity index (χ0) is 15.2. The molecule has 1 atom stereocenters. The van der Waals surface area contributed by atoms with E-state index < -0.39 is 0 Å². The first-order valence-corrected chi connectivity index (χ1v) is 6.86. The molecule has 1 aliphatic rings. The predicted molar refractivity (Wildman–Crippen MR) is 79.8 cm³/mol. The third-order valence-electron chi connectivity index (χ3n) is 3.23. The van der Waals surface area contributed by atoms with E-state index in [9.17, 15) is 9.59 Å². The monoisotopic (exact) mass is 289 g/mol. The van der Waals surface area contributed by atoms with Gasteiger partial charge in [0.15, 0.2) is 0 Å². The van der Waals surface area contributed by atoms with E-state index in [-0.39, 0.29) is 17.9 Å². The first-order valence-electron chi connectivity index (χ1n) is 6.86. The number of anilines is 2. The maximum absolute atomic E-state index is 11.6. The molecule has 0 aliphatic carbocycles. The fourth-order valence-electron chi connectivity index (χ4n) is 2.32. The van der Waals surface area contributed by atoms with Gasteiger partial charge in [0.1, 0.15) is 18.0 Å². The van der Waals surface area contributed by atoms with Gasteiger partial charge in [0.2, 0.25) is 11.8 Å². The van der Waals surface area contributed by atoms with Gasteiger partial charge in [-0.3, -0.25) is 9.59 Å². The Balaban J connectivity index is 1.99. The Labute approximate surface area is 123 Å². The van der Waals surface area contributed by atoms with Crippen LogP contribution in [-0.2, 0) is 9.59 Å². The van der Waals surface area contributed by atoms with E-state index in [1.165, 1.54) is 19.3 Å². The number of carbonyl (C=O) groups is 2. The van der Waals surface area contributed by atoms with Gasteiger partial charge in [0.05, 0.1) is 0 Å². The lowest BCUT2D eigenvalue weighted by atomic mass is 10.1. The molecule has 112 valence electrons. The van der Waals surface area contributed by atoms with Crippen LogP contribution in [0.2, 0.25) is 0 Å². The van der Waals surface area contributed by atoms with E-state index in [4.69, 9.17) is 0 Å². The predicted octanol–water partition coefficient (Wildman–Crippen LogP) is 1.02. The van der Waals surface area contributed by atoms with E-state index in [1.54, 1.807) is 11.0 Å². The topological polar surface area (TPSA) is 87.2 Å². The molecular weight excluding hydrogens is 270 g/mol. The van der Waals surface area contributed by atoms with Crippen LogP contribution in [0.1, 0.15) is 19.8 Å². The first kappa shape index (κ1) is 15.0. The summed E-state index contributed by atoms with van der Waals surface area (Å²) in [5.41, 5.74) is 0. The molecule has 2 heterocycles. The third-order valence-corrected chi connectivity index (χ3v) is 3.23. The Morgan fingerprint density at radius 2 is 2.19 bits per heavy atom. The van der Waals surface area contributed by atoms with Gasteiger partial charge in [-0.2, -0.15) is 0 Å². The van der Waals surface area contributed by atoms with E-state index >= 15 is 0 Å². The van der Waals surface area contributed by atoms with Crippen LogP contribution in [0.5, 0.6) is 0 Å². The van der Waals surface area contributed by atoms with Crippen molar-refractivity contribution < 1.29 is 9.59 Å². The first-order chi connectivity index (χ1) is 10.1. The summed E-state index contributed by atoms with van der Waals surface area (Å²) >= 11 is 0. The van der Waals surface area contributed by atoms with Crippen molar-refractivity contribution in [1.82, 2.24) is 14.9 Å². The van der Waals surface area contributed by atoms with Crippen LogP contribution in [0.15, 0.2) is 25.0 Å². The van der Waals surface area contributed by atoms with Gasteiger partial charge in [0.25, 0.3) is 0 Å². The molecule has 7 heteroatoms. The third kappa shape index (κ3) is 4.27. The molecule has 7 nitrogen and oxygen atoms in total. The van der Waals surface area contributed by atoms with Crippen molar-refractivity contribution in [3.63, 3.8) is 0 Å². The van der Waals surface area contributed by atoms with Gasteiger partial charge in [-0.25, -0.2) is 9.97 Å². The second-order valence-electron chi connectivity index (χ2n) is 4.94. The maximum Gasteiger partial charge on any atom is 0.246 e. The Morgan fingerprint density at radius 1 is 1.43 bits per heavy atom. The zero-order valence-corrected chi connectivity index (χ0v) is 12.0. The molecule has 0 saturated carbocycles. The number of hydrogen-bond acceptors (Lipinski definition) is 5. The number of nitrogens with zero attached hydrogens (tertiary/aromatic N) is 3. The molecule has 1 aromatic heterocycles. The van der Waals surface area contributed by atoms with Crippen LogP contribution in [-0.4, -0.2) is 45.8 Å². The summed E-state index contributed by atoms with van der Waals surface area (Å²) in [7, 11) is 0. The van der Waals surface area contributed by atoms with E-state index in [0.717, 1.165) is 19.4 Å². The van der Waals surface area contributed by atoms with Crippen LogP contribution < -0.4 is 10.6 Å². The Hall–Kier alpha value is -2.44. The molecule has 0 radical (unpaired) electrons. The second-order valence-corrected chi connectivity index (χ2v) is 4.94. The van der Waals surface area contributed by atoms with Gasteiger partial charge >= 0.3 is 0 Å². The van der Waals surface area contributed by atoms with Crippen LogP contribution in [0.25, 0.3) is 0 Å². The highest BCUT2D eigenvalue weighted by molar-refractivity contribution is 5.88. The van der Waals surface area contributed by atoms with Crippen molar-refractivity contribution in [2.75, 3.05) is 23.7 Å². The van der Waals surface area contributed by atoms with Gasteiger partial charge in [-0.15, -0.1) is 0 Å². The summed E-state index contributed by atoms with van der Waals surface area (Å²) in [5, 5.41) is 5.88. The number of carbonyl (C=O) groups excluding carboxylic acids is 2. The lowest BCUT2D eigenvalue weighted by Crippen LogP contribution is -2.44. The van der Waals surface area contributed by atoms with Crippen LogP contribution in [0, 0.1) is 0 Å². The molecule has 1 saturated heterocycles. The summed E-state index contributed by atoms with van der Waals surface area (Å²) in [6, 6.07) is 1.80. The average molecular weight is 289 g/mol. The molecule has 2 N–H and O–H groups in total. The number of hydrogen-bond donors (Lipinski definition) is 2. The van der Waals surface area contributed by atoms with Crippen molar-refractivity contribution in [3.05, 3.63) is 25.0 Å². The maximum atomic E-state index is 11.6. The SMILES string of the molecule is C=CC(=O)N1CCC[C@@H](Nc2cc(NC(C)=O)ncn2)C1. The molecular formula is C14H19N5O2. The van der Waals surface area contributed by atoms with E-state index in [2.05, 4.69) is 27.2 Å². The summed E-state index contributed by atoms with van der Waals surface area (Å²) in [6.07, 6.45) is 4.62. The van der Waals surface area contributed by atoms with Crippen molar-refractivity contribution in [2.45, 2.75) is 25.8 Å². The number of aromatic nitrogens is 2. The van der Waals surface area contributed by atoms with Crippen LogP contribution in [0.4, 0.5) is 11.6 Å². The molecule has 1 fully saturated rings. The molecule has 2 amide bonds. The molecule has 0 spiro atoms. The Kier molecular flexibility index (Phi) is 4.86. The molecule has 0 aromatic carbocycles. The van der Waals surface area contributed by atoms with Gasteiger partial charge < -0.3 is 15.5 Å². The second kappa shape index (κ2) is 6.83. The van der Waals surface area contributed by atoms with E-state index in [0.29, 0.717) is 18.2 Å². The number of likely N-dealkylation sites (tertiary alicyclic amines) is 1. The van der Waals surface area contributed by atoms with Gasteiger partial charge in [-0.1, -0.05) is 6.58 Å². The van der Waals surface area contributed by atoms with Crippen molar-refractivity contribution in [3.8, 4) is 0 Å². The lowest BCUT2D eigenvalue weighted by molar-refractivity contribution is -0.127.